The smallest absolute Gasteiger partial charge is 0.491 e. The summed E-state index contributed by atoms with van der Waals surface area (Å²) in [7, 11) is -0.389. The van der Waals surface area contributed by atoms with Crippen molar-refractivity contribution in [3.8, 4) is 5.75 Å². The Hall–Kier alpha value is -1.30. The van der Waals surface area contributed by atoms with E-state index in [1.807, 2.05) is 39.8 Å². The molecule has 0 spiro atoms. The molecule has 2 aliphatic rings. The van der Waals surface area contributed by atoms with E-state index in [4.69, 9.17) is 19.8 Å². The third-order valence-electron chi connectivity index (χ3n) is 4.86. The Labute approximate surface area is 132 Å². The van der Waals surface area contributed by atoms with E-state index in [0.717, 1.165) is 29.8 Å². The molecule has 1 fully saturated rings. The first-order valence-electron chi connectivity index (χ1n) is 7.84. The van der Waals surface area contributed by atoms with E-state index in [9.17, 15) is 0 Å². The van der Waals surface area contributed by atoms with Crippen LogP contribution in [0.2, 0.25) is 0 Å². The zero-order valence-corrected chi connectivity index (χ0v) is 13.8. The highest BCUT2D eigenvalue weighted by Crippen LogP contribution is 2.38. The lowest BCUT2D eigenvalue weighted by Gasteiger charge is -2.32. The van der Waals surface area contributed by atoms with Crippen LogP contribution in [-0.4, -0.2) is 31.5 Å². The molecule has 0 atom stereocenters. The molecule has 3 rings (SSSR count). The van der Waals surface area contributed by atoms with Crippen molar-refractivity contribution in [2.24, 2.45) is 5.73 Å². The van der Waals surface area contributed by atoms with Gasteiger partial charge >= 0.3 is 7.12 Å². The molecule has 0 bridgehead atoms. The monoisotopic (exact) mass is 301 g/mol. The first-order chi connectivity index (χ1) is 10.3. The van der Waals surface area contributed by atoms with Crippen molar-refractivity contribution >= 4 is 13.2 Å². The third-order valence-corrected chi connectivity index (χ3v) is 4.86. The van der Waals surface area contributed by atoms with E-state index in [2.05, 4.69) is 12.1 Å². The van der Waals surface area contributed by atoms with Crippen LogP contribution in [0, 0.1) is 0 Å². The summed E-state index contributed by atoms with van der Waals surface area (Å²) in [6.07, 6.45) is 3.03. The molecule has 1 aromatic rings. The van der Waals surface area contributed by atoms with E-state index in [-0.39, 0.29) is 18.3 Å². The highest BCUT2D eigenvalue weighted by molar-refractivity contribution is 6.55. The predicted octanol–water partition coefficient (Wildman–Crippen LogP) is 2.60. The fourth-order valence-electron chi connectivity index (χ4n) is 2.73. The maximum absolute atomic E-state index is 6.09. The second-order valence-corrected chi connectivity index (χ2v) is 6.98. The molecule has 2 N–H and O–H groups in total. The van der Waals surface area contributed by atoms with Crippen molar-refractivity contribution in [1.29, 1.82) is 0 Å². The minimum atomic E-state index is -0.389. The molecule has 0 aliphatic carbocycles. The molecule has 0 radical (unpaired) electrons. The molecule has 22 heavy (non-hydrogen) atoms. The van der Waals surface area contributed by atoms with Gasteiger partial charge in [0, 0.05) is 13.0 Å². The number of nitrogens with two attached hydrogens (primary N) is 1. The minimum Gasteiger partial charge on any atom is -0.493 e. The predicted molar refractivity (Wildman–Crippen MR) is 88.8 cm³/mol. The van der Waals surface area contributed by atoms with Gasteiger partial charge in [0.1, 0.15) is 5.75 Å². The van der Waals surface area contributed by atoms with Gasteiger partial charge in [0.15, 0.2) is 0 Å². The molecular formula is C17H24BNO3. The summed E-state index contributed by atoms with van der Waals surface area (Å²) in [5.41, 5.74) is 8.55. The van der Waals surface area contributed by atoms with Crippen LogP contribution in [0.1, 0.15) is 38.8 Å². The van der Waals surface area contributed by atoms with Crippen LogP contribution in [0.5, 0.6) is 5.75 Å². The maximum Gasteiger partial charge on any atom is 0.491 e. The summed E-state index contributed by atoms with van der Waals surface area (Å²) in [5, 5.41) is 0. The van der Waals surface area contributed by atoms with Crippen molar-refractivity contribution in [3.63, 3.8) is 0 Å². The average molecular weight is 301 g/mol. The van der Waals surface area contributed by atoms with Gasteiger partial charge in [0.25, 0.3) is 0 Å². The molecule has 2 aliphatic heterocycles. The minimum absolute atomic E-state index is 0.350. The van der Waals surface area contributed by atoms with Crippen LogP contribution in [0.3, 0.4) is 0 Å². The molecule has 5 heteroatoms. The van der Waals surface area contributed by atoms with Gasteiger partial charge in [-0.3, -0.25) is 0 Å². The van der Waals surface area contributed by atoms with Crippen molar-refractivity contribution in [2.75, 3.05) is 13.2 Å². The Balaban J connectivity index is 1.86. The number of benzene rings is 1. The highest BCUT2D eigenvalue weighted by Gasteiger charge is 2.52. The Kier molecular flexibility index (Phi) is 3.83. The molecule has 4 nitrogen and oxygen atoms in total. The van der Waals surface area contributed by atoms with Gasteiger partial charge in [0.2, 0.25) is 0 Å². The molecular weight excluding hydrogens is 277 g/mol. The van der Waals surface area contributed by atoms with Crippen LogP contribution in [0.25, 0.3) is 6.08 Å². The Bertz CT molecular complexity index is 594. The standard InChI is InChI=1S/C17H24BNO3/c1-16(2)17(3,4)22-18(21-16)14(11-19)10-12-5-6-15-13(9-12)7-8-20-15/h5-6,9-10H,7-8,11,19H2,1-4H3. The second kappa shape index (κ2) is 5.41. The van der Waals surface area contributed by atoms with E-state index >= 15 is 0 Å². The normalized spacial score (nSPS) is 22.6. The summed E-state index contributed by atoms with van der Waals surface area (Å²) >= 11 is 0. The van der Waals surface area contributed by atoms with Gasteiger partial charge in [0.05, 0.1) is 17.8 Å². The summed E-state index contributed by atoms with van der Waals surface area (Å²) < 4.78 is 17.7. The largest absolute Gasteiger partial charge is 0.493 e. The lowest BCUT2D eigenvalue weighted by molar-refractivity contribution is 0.00578. The lowest BCUT2D eigenvalue weighted by atomic mass is 9.77. The molecule has 0 aromatic heterocycles. The number of hydrogen-bond donors (Lipinski definition) is 1. The SMILES string of the molecule is CC1(C)OB(C(=Cc2ccc3c(c2)CCO3)CN)OC1(C)C. The van der Waals surface area contributed by atoms with Gasteiger partial charge in [-0.25, -0.2) is 0 Å². The Morgan fingerprint density at radius 2 is 1.91 bits per heavy atom. The van der Waals surface area contributed by atoms with Gasteiger partial charge < -0.3 is 19.8 Å². The molecule has 0 saturated carbocycles. The average Bonchev–Trinajstić information content (AvgIpc) is 2.98. The molecule has 1 saturated heterocycles. The van der Waals surface area contributed by atoms with E-state index in [1.165, 1.54) is 5.56 Å². The molecule has 0 amide bonds. The van der Waals surface area contributed by atoms with Gasteiger partial charge in [-0.05, 0) is 56.4 Å². The summed E-state index contributed by atoms with van der Waals surface area (Å²) in [6.45, 7) is 9.37. The summed E-state index contributed by atoms with van der Waals surface area (Å²) in [5.74, 6) is 0.988. The van der Waals surface area contributed by atoms with Crippen LogP contribution in [0.4, 0.5) is 0 Å². The number of hydrogen-bond acceptors (Lipinski definition) is 4. The van der Waals surface area contributed by atoms with Crippen LogP contribution in [-0.2, 0) is 15.7 Å². The van der Waals surface area contributed by atoms with E-state index in [1.54, 1.807) is 0 Å². The van der Waals surface area contributed by atoms with Crippen LogP contribution in [0.15, 0.2) is 23.7 Å². The molecule has 118 valence electrons. The molecule has 1 aromatic carbocycles. The fourth-order valence-corrected chi connectivity index (χ4v) is 2.73. The lowest BCUT2D eigenvalue weighted by Crippen LogP contribution is -2.41. The van der Waals surface area contributed by atoms with E-state index in [0.29, 0.717) is 6.54 Å². The van der Waals surface area contributed by atoms with Gasteiger partial charge in [-0.2, -0.15) is 0 Å². The molecule has 2 heterocycles. The van der Waals surface area contributed by atoms with Crippen molar-refractivity contribution in [1.82, 2.24) is 0 Å². The Morgan fingerprint density at radius 1 is 1.23 bits per heavy atom. The maximum atomic E-state index is 6.09. The van der Waals surface area contributed by atoms with Crippen molar-refractivity contribution < 1.29 is 14.0 Å². The number of rotatable bonds is 3. The number of fused-ring (bicyclic) bond motifs is 1. The van der Waals surface area contributed by atoms with Crippen molar-refractivity contribution in [2.45, 2.75) is 45.3 Å². The van der Waals surface area contributed by atoms with Gasteiger partial charge in [-0.15, -0.1) is 0 Å². The quantitative estimate of drug-likeness (QED) is 0.872. The third kappa shape index (κ3) is 2.69. The topological polar surface area (TPSA) is 53.7 Å². The van der Waals surface area contributed by atoms with Gasteiger partial charge in [-0.1, -0.05) is 12.1 Å². The highest BCUT2D eigenvalue weighted by atomic mass is 16.7. The zero-order valence-electron chi connectivity index (χ0n) is 13.8. The first-order valence-corrected chi connectivity index (χ1v) is 7.84. The van der Waals surface area contributed by atoms with Crippen LogP contribution >= 0.6 is 0 Å². The Morgan fingerprint density at radius 3 is 2.55 bits per heavy atom. The van der Waals surface area contributed by atoms with E-state index < -0.39 is 0 Å². The second-order valence-electron chi connectivity index (χ2n) is 6.98. The zero-order chi connectivity index (χ0) is 16.0. The number of ether oxygens (including phenoxy) is 1. The van der Waals surface area contributed by atoms with Crippen molar-refractivity contribution in [3.05, 3.63) is 34.8 Å². The van der Waals surface area contributed by atoms with Crippen LogP contribution < -0.4 is 10.5 Å². The first kappa shape index (κ1) is 15.6. The summed E-state index contributed by atoms with van der Waals surface area (Å²) in [6, 6.07) is 6.22. The fraction of sp³-hybridized carbons (Fsp3) is 0.529. The summed E-state index contributed by atoms with van der Waals surface area (Å²) in [4.78, 5) is 0. The molecule has 0 unspecified atom stereocenters.